The van der Waals surface area contributed by atoms with Gasteiger partial charge in [-0.05, 0) is 48.0 Å². The molecule has 0 spiro atoms. The number of benzene rings is 1. The Labute approximate surface area is 111 Å². The highest BCUT2D eigenvalue weighted by Gasteiger charge is 2.31. The van der Waals surface area contributed by atoms with Gasteiger partial charge in [-0.25, -0.2) is 0 Å². The monoisotopic (exact) mass is 327 g/mol. The normalized spacial score (nSPS) is 12.4. The van der Waals surface area contributed by atoms with E-state index in [1.807, 2.05) is 0 Å². The minimum atomic E-state index is -4.72. The van der Waals surface area contributed by atoms with Gasteiger partial charge in [-0.2, -0.15) is 0 Å². The van der Waals surface area contributed by atoms with Crippen LogP contribution >= 0.6 is 15.9 Å². The van der Waals surface area contributed by atoms with Crippen molar-refractivity contribution < 1.29 is 23.0 Å². The molecule has 0 aliphatic rings. The zero-order valence-electron chi connectivity index (χ0n) is 9.81. The van der Waals surface area contributed by atoms with Gasteiger partial charge in [-0.15, -0.1) is 13.2 Å². The molecule has 0 aromatic heterocycles. The van der Waals surface area contributed by atoms with Crippen LogP contribution in [0.15, 0.2) is 22.7 Å². The Hall–Kier alpha value is -0.950. The van der Waals surface area contributed by atoms with E-state index in [1.165, 1.54) is 18.2 Å². The Morgan fingerprint density at radius 2 is 1.94 bits per heavy atom. The van der Waals surface area contributed by atoms with Gasteiger partial charge < -0.3 is 15.2 Å². The van der Waals surface area contributed by atoms with E-state index in [-0.39, 0.29) is 16.8 Å². The van der Waals surface area contributed by atoms with Gasteiger partial charge in [0.15, 0.2) is 0 Å². The van der Waals surface area contributed by atoms with Crippen LogP contribution in [-0.4, -0.2) is 23.6 Å². The summed E-state index contributed by atoms with van der Waals surface area (Å²) in [6, 6.07) is 4.09. The Morgan fingerprint density at radius 3 is 2.39 bits per heavy atom. The van der Waals surface area contributed by atoms with E-state index in [1.54, 1.807) is 13.8 Å². The largest absolute Gasteiger partial charge is 0.573 e. The molecular weight excluding hydrogens is 315 g/mol. The minimum absolute atomic E-state index is 0.181. The molecule has 18 heavy (non-hydrogen) atoms. The van der Waals surface area contributed by atoms with Gasteiger partial charge in [0.05, 0.1) is 10.1 Å². The van der Waals surface area contributed by atoms with Crippen molar-refractivity contribution in [2.45, 2.75) is 25.8 Å². The van der Waals surface area contributed by atoms with Crippen LogP contribution in [0.5, 0.6) is 5.75 Å². The van der Waals surface area contributed by atoms with Crippen LogP contribution in [0.2, 0.25) is 0 Å². The zero-order valence-corrected chi connectivity index (χ0v) is 11.4. The summed E-state index contributed by atoms with van der Waals surface area (Å²) in [5.74, 6) is -0.309. The average Bonchev–Trinajstić information content (AvgIpc) is 2.15. The third-order valence-corrected chi connectivity index (χ3v) is 2.50. The topological polar surface area (TPSA) is 41.5 Å². The maximum Gasteiger partial charge on any atom is 0.573 e. The maximum absolute atomic E-state index is 12.0. The Balaban J connectivity index is 2.74. The van der Waals surface area contributed by atoms with Crippen molar-refractivity contribution in [3.63, 3.8) is 0 Å². The second-order valence-corrected chi connectivity index (χ2v) is 5.21. The van der Waals surface area contributed by atoms with Crippen molar-refractivity contribution in [3.8, 4) is 5.75 Å². The number of alkyl halides is 3. The highest BCUT2D eigenvalue weighted by molar-refractivity contribution is 9.10. The van der Waals surface area contributed by atoms with E-state index >= 15 is 0 Å². The van der Waals surface area contributed by atoms with Crippen molar-refractivity contribution in [1.29, 1.82) is 0 Å². The molecule has 0 atom stereocenters. The first kappa shape index (κ1) is 15.1. The SMILES string of the molecule is CC(C)(O)CNc1ccc(OC(F)(F)F)c(Br)c1. The van der Waals surface area contributed by atoms with Crippen LogP contribution in [-0.2, 0) is 0 Å². The zero-order chi connectivity index (χ0) is 14.0. The first-order valence-corrected chi connectivity index (χ1v) is 5.88. The van der Waals surface area contributed by atoms with Gasteiger partial charge in [0.2, 0.25) is 0 Å². The fourth-order valence-corrected chi connectivity index (χ4v) is 1.60. The van der Waals surface area contributed by atoms with Crippen LogP contribution in [0.25, 0.3) is 0 Å². The Bertz CT molecular complexity index is 416. The van der Waals surface area contributed by atoms with Crippen molar-refractivity contribution in [3.05, 3.63) is 22.7 Å². The van der Waals surface area contributed by atoms with E-state index in [2.05, 4.69) is 26.0 Å². The third kappa shape index (κ3) is 5.59. The molecule has 0 aliphatic carbocycles. The first-order valence-electron chi connectivity index (χ1n) is 5.08. The third-order valence-electron chi connectivity index (χ3n) is 1.88. The molecule has 0 saturated carbocycles. The quantitative estimate of drug-likeness (QED) is 0.888. The lowest BCUT2D eigenvalue weighted by atomic mass is 10.1. The molecular formula is C11H13BrF3NO2. The van der Waals surface area contributed by atoms with Gasteiger partial charge in [0.25, 0.3) is 0 Å². The molecule has 0 unspecified atom stereocenters. The predicted octanol–water partition coefficient (Wildman–Crippen LogP) is 3.53. The molecule has 1 aromatic rings. The molecule has 0 heterocycles. The van der Waals surface area contributed by atoms with Crippen molar-refractivity contribution in [2.75, 3.05) is 11.9 Å². The summed E-state index contributed by atoms with van der Waals surface area (Å²) in [4.78, 5) is 0. The summed E-state index contributed by atoms with van der Waals surface area (Å²) in [6.07, 6.45) is -4.72. The van der Waals surface area contributed by atoms with E-state index < -0.39 is 12.0 Å². The van der Waals surface area contributed by atoms with Crippen molar-refractivity contribution >= 4 is 21.6 Å². The molecule has 2 N–H and O–H groups in total. The molecule has 1 aromatic carbocycles. The minimum Gasteiger partial charge on any atom is -0.405 e. The van der Waals surface area contributed by atoms with Gasteiger partial charge in [-0.1, -0.05) is 0 Å². The van der Waals surface area contributed by atoms with Gasteiger partial charge in [-0.3, -0.25) is 0 Å². The summed E-state index contributed by atoms with van der Waals surface area (Å²) in [5, 5.41) is 12.4. The maximum atomic E-state index is 12.0. The van der Waals surface area contributed by atoms with Gasteiger partial charge in [0.1, 0.15) is 5.75 Å². The van der Waals surface area contributed by atoms with Crippen LogP contribution in [0, 0.1) is 0 Å². The molecule has 0 fully saturated rings. The molecule has 0 amide bonds. The molecule has 1 rings (SSSR count). The number of anilines is 1. The number of ether oxygens (including phenoxy) is 1. The van der Waals surface area contributed by atoms with Crippen LogP contribution in [0.1, 0.15) is 13.8 Å². The molecule has 7 heteroatoms. The molecule has 102 valence electrons. The van der Waals surface area contributed by atoms with Crippen LogP contribution < -0.4 is 10.1 Å². The number of halogens is 4. The second kappa shape index (κ2) is 5.36. The number of nitrogens with one attached hydrogen (secondary N) is 1. The standard InChI is InChI=1S/C11H13BrF3NO2/c1-10(2,17)6-16-7-3-4-9(8(12)5-7)18-11(13,14)15/h3-5,16-17H,6H2,1-2H3. The summed E-state index contributed by atoms with van der Waals surface area (Å²) in [5.41, 5.74) is -0.327. The van der Waals surface area contributed by atoms with Crippen LogP contribution in [0.4, 0.5) is 18.9 Å². The highest BCUT2D eigenvalue weighted by atomic mass is 79.9. The highest BCUT2D eigenvalue weighted by Crippen LogP contribution is 2.32. The first-order chi connectivity index (χ1) is 8.07. The van der Waals surface area contributed by atoms with Gasteiger partial charge >= 0.3 is 6.36 Å². The molecule has 0 bridgehead atoms. The molecule has 3 nitrogen and oxygen atoms in total. The summed E-state index contributed by atoms with van der Waals surface area (Å²) in [7, 11) is 0. The summed E-state index contributed by atoms with van der Waals surface area (Å²) >= 11 is 2.99. The summed E-state index contributed by atoms with van der Waals surface area (Å²) in [6.45, 7) is 3.52. The fraction of sp³-hybridized carbons (Fsp3) is 0.455. The Kier molecular flexibility index (Phi) is 4.50. The number of rotatable bonds is 4. The van der Waals surface area contributed by atoms with Gasteiger partial charge in [0, 0.05) is 12.2 Å². The average molecular weight is 328 g/mol. The number of aliphatic hydroxyl groups is 1. The smallest absolute Gasteiger partial charge is 0.405 e. The van der Waals surface area contributed by atoms with E-state index in [9.17, 15) is 18.3 Å². The lowest BCUT2D eigenvalue weighted by Gasteiger charge is -2.19. The number of hydrogen-bond acceptors (Lipinski definition) is 3. The van der Waals surface area contributed by atoms with Crippen LogP contribution in [0.3, 0.4) is 0 Å². The molecule has 0 aliphatic heterocycles. The lowest BCUT2D eigenvalue weighted by molar-refractivity contribution is -0.274. The molecule has 0 saturated heterocycles. The summed E-state index contributed by atoms with van der Waals surface area (Å²) < 4.78 is 40.1. The van der Waals surface area contributed by atoms with Crippen molar-refractivity contribution in [1.82, 2.24) is 0 Å². The lowest BCUT2D eigenvalue weighted by Crippen LogP contribution is -2.29. The second-order valence-electron chi connectivity index (χ2n) is 4.36. The molecule has 0 radical (unpaired) electrons. The van der Waals surface area contributed by atoms with E-state index in [0.29, 0.717) is 5.69 Å². The number of hydrogen-bond donors (Lipinski definition) is 2. The Morgan fingerprint density at radius 1 is 1.33 bits per heavy atom. The van der Waals surface area contributed by atoms with E-state index in [4.69, 9.17) is 0 Å². The fourth-order valence-electron chi connectivity index (χ4n) is 1.14. The predicted molar refractivity (Wildman–Crippen MR) is 65.6 cm³/mol. The van der Waals surface area contributed by atoms with E-state index in [0.717, 1.165) is 0 Å². The van der Waals surface area contributed by atoms with Crippen molar-refractivity contribution in [2.24, 2.45) is 0 Å².